The molecule has 3 aromatic rings. The van der Waals surface area contributed by atoms with Crippen LogP contribution in [0, 0.1) is 5.92 Å². The smallest absolute Gasteiger partial charge is 0.318 e. The summed E-state index contributed by atoms with van der Waals surface area (Å²) >= 11 is 1.33. The van der Waals surface area contributed by atoms with Crippen molar-refractivity contribution in [2.24, 2.45) is 11.7 Å². The Morgan fingerprint density at radius 3 is 2.38 bits per heavy atom. The first kappa shape index (κ1) is 18.0. The molecule has 7 heteroatoms. The fraction of sp³-hybridized carbons (Fsp3) is 0.211. The number of amides is 3. The number of carbonyl (C=O) groups excluding carboxylic acids is 2. The number of urea groups is 1. The maximum Gasteiger partial charge on any atom is 0.318 e. The number of hydrogen-bond donors (Lipinski definition) is 2. The molecule has 0 aliphatic carbocycles. The van der Waals surface area contributed by atoms with E-state index in [1.54, 1.807) is 0 Å². The van der Waals surface area contributed by atoms with Crippen LogP contribution in [0.1, 0.15) is 13.8 Å². The second-order valence-electron chi connectivity index (χ2n) is 6.19. The Morgan fingerprint density at radius 1 is 1.08 bits per heavy atom. The third kappa shape index (κ3) is 3.72. The van der Waals surface area contributed by atoms with Crippen molar-refractivity contribution in [3.8, 4) is 5.69 Å². The zero-order chi connectivity index (χ0) is 18.7. The Hall–Kier alpha value is -2.80. The van der Waals surface area contributed by atoms with Gasteiger partial charge in [0, 0.05) is 5.69 Å². The number of benzene rings is 2. The van der Waals surface area contributed by atoms with Crippen LogP contribution in [0.2, 0.25) is 0 Å². The number of nitrogens with zero attached hydrogens (tertiary/aromatic N) is 2. The Labute approximate surface area is 155 Å². The lowest BCUT2D eigenvalue weighted by Gasteiger charge is -2.19. The minimum Gasteiger partial charge on any atom is -0.351 e. The number of aromatic nitrogens is 2. The van der Waals surface area contributed by atoms with E-state index in [1.165, 1.54) is 11.8 Å². The summed E-state index contributed by atoms with van der Waals surface area (Å²) in [4.78, 5) is 28.2. The molecule has 3 amide bonds. The number of para-hydroxylation sites is 3. The number of fused-ring (bicyclic) bond motifs is 1. The van der Waals surface area contributed by atoms with Gasteiger partial charge in [0.1, 0.15) is 0 Å². The maximum absolute atomic E-state index is 12.4. The van der Waals surface area contributed by atoms with E-state index in [9.17, 15) is 9.59 Å². The number of rotatable bonds is 5. The predicted molar refractivity (Wildman–Crippen MR) is 103 cm³/mol. The molecule has 0 saturated carbocycles. The van der Waals surface area contributed by atoms with Gasteiger partial charge in [-0.3, -0.25) is 14.7 Å². The van der Waals surface area contributed by atoms with Gasteiger partial charge in [-0.15, -0.1) is 0 Å². The second-order valence-corrected chi connectivity index (χ2v) is 7.30. The van der Waals surface area contributed by atoms with Crippen molar-refractivity contribution in [3.63, 3.8) is 0 Å². The number of imidazole rings is 1. The topological polar surface area (TPSA) is 90.0 Å². The molecule has 0 radical (unpaired) electrons. The first-order valence-corrected chi connectivity index (χ1v) is 9.15. The number of nitrogens with two attached hydrogens (primary N) is 1. The van der Waals surface area contributed by atoms with Crippen molar-refractivity contribution in [1.82, 2.24) is 14.9 Å². The number of carbonyl (C=O) groups is 2. The number of imide groups is 1. The van der Waals surface area contributed by atoms with Crippen molar-refractivity contribution in [3.05, 3.63) is 54.6 Å². The van der Waals surface area contributed by atoms with Gasteiger partial charge in [0.15, 0.2) is 5.16 Å². The number of nitrogens with one attached hydrogen (secondary N) is 1. The molecular formula is C19H20N4O2S. The van der Waals surface area contributed by atoms with E-state index in [4.69, 9.17) is 10.7 Å². The molecule has 0 saturated heterocycles. The number of thioether (sulfide) groups is 1. The van der Waals surface area contributed by atoms with Gasteiger partial charge in [-0.05, 0) is 30.2 Å². The van der Waals surface area contributed by atoms with Gasteiger partial charge in [-0.2, -0.15) is 0 Å². The third-order valence-corrected chi connectivity index (χ3v) is 5.38. The highest BCUT2D eigenvalue weighted by Gasteiger charge is 2.27. The monoisotopic (exact) mass is 368 g/mol. The van der Waals surface area contributed by atoms with Crippen molar-refractivity contribution in [2.45, 2.75) is 24.3 Å². The van der Waals surface area contributed by atoms with E-state index in [0.29, 0.717) is 5.16 Å². The van der Waals surface area contributed by atoms with Gasteiger partial charge >= 0.3 is 6.03 Å². The molecule has 1 aromatic heterocycles. The highest BCUT2D eigenvalue weighted by atomic mass is 32.2. The van der Waals surface area contributed by atoms with Crippen molar-refractivity contribution in [1.29, 1.82) is 0 Å². The van der Waals surface area contributed by atoms with Crippen molar-refractivity contribution >= 4 is 34.7 Å². The zero-order valence-electron chi connectivity index (χ0n) is 14.5. The van der Waals surface area contributed by atoms with Crippen LogP contribution in [0.15, 0.2) is 59.8 Å². The van der Waals surface area contributed by atoms with E-state index in [-0.39, 0.29) is 5.92 Å². The highest BCUT2D eigenvalue weighted by Crippen LogP contribution is 2.33. The minimum atomic E-state index is -0.849. The van der Waals surface area contributed by atoms with Gasteiger partial charge < -0.3 is 5.73 Å². The molecule has 0 aliphatic heterocycles. The average Bonchev–Trinajstić information content (AvgIpc) is 2.97. The summed E-state index contributed by atoms with van der Waals surface area (Å²) in [6.07, 6.45) is 0. The molecule has 0 bridgehead atoms. The average molecular weight is 368 g/mol. The largest absolute Gasteiger partial charge is 0.351 e. The number of hydrogen-bond acceptors (Lipinski definition) is 4. The molecule has 0 fully saturated rings. The molecule has 6 nitrogen and oxygen atoms in total. The molecule has 0 unspecified atom stereocenters. The molecule has 3 rings (SSSR count). The summed E-state index contributed by atoms with van der Waals surface area (Å²) < 4.78 is 2.02. The van der Waals surface area contributed by atoms with Crippen molar-refractivity contribution in [2.75, 3.05) is 0 Å². The zero-order valence-corrected chi connectivity index (χ0v) is 15.4. The normalized spacial score (nSPS) is 12.3. The molecule has 1 atom stereocenters. The molecular weight excluding hydrogens is 348 g/mol. The van der Waals surface area contributed by atoms with Gasteiger partial charge in [-0.1, -0.05) is 55.9 Å². The van der Waals surface area contributed by atoms with Gasteiger partial charge in [-0.25, -0.2) is 9.78 Å². The highest BCUT2D eigenvalue weighted by molar-refractivity contribution is 8.00. The maximum atomic E-state index is 12.4. The first-order valence-electron chi connectivity index (χ1n) is 8.27. The van der Waals surface area contributed by atoms with Gasteiger partial charge in [0.2, 0.25) is 5.91 Å². The van der Waals surface area contributed by atoms with E-state index in [0.717, 1.165) is 16.7 Å². The van der Waals surface area contributed by atoms with Crippen LogP contribution in [0.25, 0.3) is 16.7 Å². The standard InChI is InChI=1S/C19H20N4O2S/c1-12(2)16(17(24)22-18(20)25)26-19-21-14-10-6-7-11-15(14)23(19)13-8-4-3-5-9-13/h3-12,16H,1-2H3,(H3,20,22,24,25)/t16-/m0/s1. The molecule has 3 N–H and O–H groups in total. The van der Waals surface area contributed by atoms with Crippen LogP contribution in [-0.4, -0.2) is 26.7 Å². The lowest BCUT2D eigenvalue weighted by atomic mass is 10.1. The van der Waals surface area contributed by atoms with Crippen LogP contribution < -0.4 is 11.1 Å². The van der Waals surface area contributed by atoms with Gasteiger partial charge in [0.25, 0.3) is 0 Å². The second kappa shape index (κ2) is 7.61. The predicted octanol–water partition coefficient (Wildman–Crippen LogP) is 3.34. The first-order chi connectivity index (χ1) is 12.5. The van der Waals surface area contributed by atoms with E-state index >= 15 is 0 Å². The van der Waals surface area contributed by atoms with Gasteiger partial charge in [0.05, 0.1) is 16.3 Å². The molecule has 0 aliphatic rings. The third-order valence-electron chi connectivity index (χ3n) is 3.89. The Bertz CT molecular complexity index is 937. The molecule has 0 spiro atoms. The van der Waals surface area contributed by atoms with Crippen LogP contribution in [0.4, 0.5) is 4.79 Å². The molecule has 1 heterocycles. The Kier molecular flexibility index (Phi) is 5.27. The fourth-order valence-electron chi connectivity index (χ4n) is 2.71. The summed E-state index contributed by atoms with van der Waals surface area (Å²) in [5.41, 5.74) is 7.87. The molecule has 26 heavy (non-hydrogen) atoms. The quantitative estimate of drug-likeness (QED) is 0.676. The Balaban J connectivity index is 2.06. The molecule has 2 aromatic carbocycles. The van der Waals surface area contributed by atoms with E-state index in [1.807, 2.05) is 73.0 Å². The molecule has 134 valence electrons. The summed E-state index contributed by atoms with van der Waals surface area (Å²) in [7, 11) is 0. The van der Waals surface area contributed by atoms with E-state index < -0.39 is 17.2 Å². The lowest BCUT2D eigenvalue weighted by Crippen LogP contribution is -2.42. The summed E-state index contributed by atoms with van der Waals surface area (Å²) in [6, 6.07) is 16.8. The fourth-order valence-corrected chi connectivity index (χ4v) is 3.83. The van der Waals surface area contributed by atoms with Crippen LogP contribution in [0.5, 0.6) is 0 Å². The Morgan fingerprint density at radius 2 is 1.73 bits per heavy atom. The summed E-state index contributed by atoms with van der Waals surface area (Å²) in [5.74, 6) is -0.424. The van der Waals surface area contributed by atoms with Crippen LogP contribution >= 0.6 is 11.8 Å². The van der Waals surface area contributed by atoms with E-state index in [2.05, 4.69) is 5.32 Å². The minimum absolute atomic E-state index is 0.0108. The van der Waals surface area contributed by atoms with Crippen LogP contribution in [0.3, 0.4) is 0 Å². The van der Waals surface area contributed by atoms with Crippen LogP contribution in [-0.2, 0) is 4.79 Å². The number of primary amides is 1. The summed E-state index contributed by atoms with van der Waals surface area (Å²) in [6.45, 7) is 3.85. The summed E-state index contributed by atoms with van der Waals surface area (Å²) in [5, 5.41) is 2.37. The lowest BCUT2D eigenvalue weighted by molar-refractivity contribution is -0.120. The SMILES string of the molecule is CC(C)[C@H](Sc1nc2ccccc2n1-c1ccccc1)C(=O)NC(N)=O. The van der Waals surface area contributed by atoms with Crippen molar-refractivity contribution < 1.29 is 9.59 Å².